The molecule has 28 rings (SSSR count). The fourth-order valence-electron chi connectivity index (χ4n) is 30.8. The molecule has 22 nitrogen and oxygen atoms in total. The number of carbonyl (C=O) groups excluding carboxylic acids is 2. The summed E-state index contributed by atoms with van der Waals surface area (Å²) in [6.45, 7) is 21.8. The van der Waals surface area contributed by atoms with Crippen LogP contribution in [0.5, 0.6) is 57.5 Å². The van der Waals surface area contributed by atoms with Gasteiger partial charge in [0, 0.05) is 127 Å². The van der Waals surface area contributed by atoms with Crippen molar-refractivity contribution >= 4 is 11.6 Å². The zero-order chi connectivity index (χ0) is 83.2. The smallest absolute Gasteiger partial charge is 0.174 e. The largest absolute Gasteiger partial charge is 0.504 e. The van der Waals surface area contributed by atoms with E-state index in [9.17, 15) is 60.7 Å². The average Bonchev–Trinajstić information content (AvgIpc) is 1.24. The van der Waals surface area contributed by atoms with Crippen LogP contribution in [0.4, 0.5) is 0 Å². The topological polar surface area (TPSA) is 299 Å². The lowest BCUT2D eigenvalue weighted by Crippen LogP contribution is -2.76. The number of hydrogen-bond acceptors (Lipinski definition) is 22. The van der Waals surface area contributed by atoms with E-state index in [1.807, 2.05) is 42.5 Å². The van der Waals surface area contributed by atoms with Gasteiger partial charge in [0.1, 0.15) is 24.4 Å². The van der Waals surface area contributed by atoms with Crippen molar-refractivity contribution in [2.45, 2.75) is 277 Å². The molecule has 22 heteroatoms. The van der Waals surface area contributed by atoms with Gasteiger partial charge in [-0.15, -0.1) is 13.2 Å². The Kier molecular flexibility index (Phi) is 17.2. The van der Waals surface area contributed by atoms with Gasteiger partial charge in [0.05, 0.1) is 39.2 Å². The van der Waals surface area contributed by atoms with Crippen LogP contribution in [0, 0.1) is 29.6 Å². The Hall–Kier alpha value is -8.00. The number of rotatable bonds is 10. The summed E-state index contributed by atoms with van der Waals surface area (Å²) < 4.78 is 30.7. The van der Waals surface area contributed by atoms with Crippen LogP contribution < -0.4 is 23.7 Å². The fraction of sp³-hybridized carbons (Fsp3) is 0.600. The summed E-state index contributed by atoms with van der Waals surface area (Å²) in [4.78, 5) is 37.9. The van der Waals surface area contributed by atoms with Crippen LogP contribution in [-0.2, 0) is 68.8 Å². The van der Waals surface area contributed by atoms with E-state index < -0.39 is 57.5 Å². The summed E-state index contributed by atoms with van der Waals surface area (Å²) in [6, 6.07) is 19.8. The van der Waals surface area contributed by atoms with Gasteiger partial charge in [0.25, 0.3) is 0 Å². The van der Waals surface area contributed by atoms with E-state index >= 15 is 0 Å². The molecular formula is C100H117N5O17. The SMILES string of the molecule is C=C1CC[C@@]2(O)[C@H]3Cc4ccc(O)c5c4[C@@]2(CCN3CC2CC2)[C@H]1O5.C=CCN1CC[C@]23c4c5ccc(O)c4O[C@H]2C(=O)CC[C@@]3(O)[C@H]1C5.C=CCN1CC[C@]23c4c5ccc(O)c4O[C@H]2[C@@H](O)C=C[C@H]3[C@H]1C5.O=C1CC[C@@]2(O)[C@H]3Cc4ccc(O)c5c4[C@@]2(CCN3CC2CC2)[C@H]1O5.Oc1ccc2c3c1O[C@H]1[C@@H](O)CC[C@H]4[C@@H](C2)N(CC2CCC2)CC[C@@]341. The number of benzene rings is 5. The minimum absolute atomic E-state index is 0.0408. The number of carbonyl (C=O) groups is 2. The van der Waals surface area contributed by atoms with Crippen molar-refractivity contribution < 1.29 is 84.3 Å². The lowest BCUT2D eigenvalue weighted by molar-refractivity contribution is -0.188. The lowest BCUT2D eigenvalue weighted by atomic mass is 9.48. The van der Waals surface area contributed by atoms with Gasteiger partial charge in [0.15, 0.2) is 81.3 Å². The van der Waals surface area contributed by atoms with Gasteiger partial charge < -0.3 is 74.7 Å². The van der Waals surface area contributed by atoms with Crippen LogP contribution in [0.2, 0.25) is 0 Å². The first-order valence-corrected chi connectivity index (χ1v) is 46.4. The highest BCUT2D eigenvalue weighted by atomic mass is 16.5. The Morgan fingerprint density at radius 3 is 1.30 bits per heavy atom. The highest BCUT2D eigenvalue weighted by Gasteiger charge is 2.77. The van der Waals surface area contributed by atoms with Gasteiger partial charge in [-0.2, -0.15) is 0 Å². The number of phenols is 5. The van der Waals surface area contributed by atoms with Crippen LogP contribution >= 0.6 is 0 Å². The highest BCUT2D eigenvalue weighted by Crippen LogP contribution is 2.72. The molecule has 13 aliphatic carbocycles. The minimum Gasteiger partial charge on any atom is -0.504 e. The average molecular weight is 1660 g/mol. The molecule has 0 aromatic heterocycles. The Morgan fingerprint density at radius 2 is 0.803 bits per heavy atom. The van der Waals surface area contributed by atoms with E-state index in [0.29, 0.717) is 91.2 Å². The standard InChI is InChI=1S/C21H25NO3.C21H27NO3.C20H23NO4.C19H21NO4.C19H21NO3/c1-12-6-7-21(24)16-10-14-4-5-15(23)18-17(14)20(21,19(12)25-18)8-9-22(16)11-13-2-3-13;23-16-6-4-13-10-15-14-5-7-17(24)20-21(14,18(13)19(16)25-20)8-9-22(15)11-12-2-1-3-12;22-13-4-3-12-9-15-20(24)6-5-14(23)18-19(20,16(12)17(13)25-18)7-8-21(15)10-11-1-2-11;1-2-8-20-9-7-18-15-11-3-4-12(21)16(15)24-17(18)13(22)5-6-19(18,23)14(20)10-11;1-2-8-20-9-7-19-12-4-6-15(22)18(19)23-17-14(21)5-3-11(16(17)19)10-13(12)20/h4-5,13,16,19,23-24H,1-3,6-11H2;4,6,12,14-15,17,20,23-24H,1-3,5,7-11H2;3-4,11,15,18,22,24H,1-2,5-10H2;2-4,14,17,21,23H,1,5-10H2;2-6,12-13,15,18,21-22H,1,7-10H2/t16-,19+,20+,21-;14-,15+,17-,20-,21-;15-,18+,19+,20-;14-,17+,18+,19-;12-,13+,15-,18-,19-/m10110/s1. The Morgan fingerprint density at radius 1 is 0.402 bits per heavy atom. The van der Waals surface area contributed by atoms with Crippen molar-refractivity contribution in [3.05, 3.63) is 166 Å². The third-order valence-corrected chi connectivity index (χ3v) is 36.5. The summed E-state index contributed by atoms with van der Waals surface area (Å²) in [5, 5.41) is 109. The van der Waals surface area contributed by atoms with Crippen LogP contribution in [0.1, 0.15) is 184 Å². The normalized spacial score (nSPS) is 40.7. The van der Waals surface area contributed by atoms with Crippen molar-refractivity contribution in [3.8, 4) is 57.5 Å². The van der Waals surface area contributed by atoms with E-state index in [4.69, 9.17) is 23.7 Å². The molecule has 0 radical (unpaired) electrons. The minimum atomic E-state index is -1.00. The summed E-state index contributed by atoms with van der Waals surface area (Å²) in [5.74, 6) is 7.07. The van der Waals surface area contributed by atoms with Crippen LogP contribution in [0.15, 0.2) is 110 Å². The van der Waals surface area contributed by atoms with Gasteiger partial charge in [-0.1, -0.05) is 67.6 Å². The molecule has 644 valence electrons. The number of ketones is 2. The highest BCUT2D eigenvalue weighted by molar-refractivity contribution is 5.91. The molecule has 10 bridgehead atoms. The molecule has 5 saturated heterocycles. The third-order valence-electron chi connectivity index (χ3n) is 36.5. The molecule has 12 fully saturated rings. The number of hydrogen-bond donors (Lipinski definition) is 10. The molecule has 23 aliphatic rings. The maximum atomic E-state index is 12.7. The third kappa shape index (κ3) is 10.1. The van der Waals surface area contributed by atoms with Crippen molar-refractivity contribution in [1.82, 2.24) is 24.5 Å². The Bertz CT molecular complexity index is 5200. The zero-order valence-electron chi connectivity index (χ0n) is 69.8. The molecule has 7 saturated carbocycles. The second kappa shape index (κ2) is 27.0. The zero-order valence-corrected chi connectivity index (χ0v) is 69.8. The second-order valence-electron chi connectivity index (χ2n) is 41.5. The second-order valence-corrected chi connectivity index (χ2v) is 41.5. The number of phenolic OH excluding ortho intramolecular Hbond substituents is 5. The molecule has 0 unspecified atom stereocenters. The maximum absolute atomic E-state index is 12.7. The first kappa shape index (κ1) is 77.6. The Balaban J connectivity index is 0.0000000862. The quantitative estimate of drug-likeness (QED) is 0.0582. The number of aliphatic hydroxyl groups excluding tert-OH is 2. The van der Waals surface area contributed by atoms with E-state index in [1.54, 1.807) is 30.3 Å². The van der Waals surface area contributed by atoms with Crippen LogP contribution in [-0.4, -0.2) is 242 Å². The number of aliphatic hydroxyl groups is 5. The molecule has 122 heavy (non-hydrogen) atoms. The van der Waals surface area contributed by atoms with E-state index in [2.05, 4.69) is 56.4 Å². The molecule has 5 aromatic carbocycles. The Labute approximate surface area is 712 Å². The molecule has 0 amide bonds. The van der Waals surface area contributed by atoms with Crippen LogP contribution in [0.3, 0.4) is 0 Å². The van der Waals surface area contributed by atoms with Crippen molar-refractivity contribution in [3.63, 3.8) is 0 Å². The lowest BCUT2D eigenvalue weighted by Gasteiger charge is -2.63. The molecule has 5 spiro atoms. The predicted octanol–water partition coefficient (Wildman–Crippen LogP) is 9.69. The molecule has 10 heterocycles. The van der Waals surface area contributed by atoms with Gasteiger partial charge >= 0.3 is 0 Å². The summed E-state index contributed by atoms with van der Waals surface area (Å²) >= 11 is 0. The van der Waals surface area contributed by atoms with E-state index in [0.717, 1.165) is 193 Å². The monoisotopic (exact) mass is 1660 g/mol. The molecule has 10 N–H and O–H groups in total. The van der Waals surface area contributed by atoms with Crippen molar-refractivity contribution in [2.75, 3.05) is 65.4 Å². The number of piperidine rings is 5. The number of ether oxygens (including phenoxy) is 5. The number of nitrogens with zero attached hydrogens (tertiary/aromatic N) is 5. The van der Waals surface area contributed by atoms with Crippen molar-refractivity contribution in [2.24, 2.45) is 29.6 Å². The van der Waals surface area contributed by atoms with E-state index in [-0.39, 0.29) is 87.6 Å². The molecule has 10 aliphatic heterocycles. The van der Waals surface area contributed by atoms with Gasteiger partial charge in [-0.25, -0.2) is 0 Å². The van der Waals surface area contributed by atoms with Crippen LogP contribution in [0.25, 0.3) is 0 Å². The first-order chi connectivity index (χ1) is 59.0. The molecule has 5 aromatic rings. The van der Waals surface area contributed by atoms with Gasteiger partial charge in [0.2, 0.25) is 0 Å². The number of likely N-dealkylation sites (tertiary alicyclic amines) is 5. The van der Waals surface area contributed by atoms with Crippen molar-refractivity contribution in [1.29, 1.82) is 0 Å². The first-order valence-electron chi connectivity index (χ1n) is 46.4. The number of Topliss-reactive ketones (excluding diaryl/α,β-unsaturated/α-hetero) is 2. The van der Waals surface area contributed by atoms with E-state index in [1.165, 1.54) is 73.7 Å². The van der Waals surface area contributed by atoms with Gasteiger partial charge in [-0.05, 0) is 255 Å². The fourth-order valence-corrected chi connectivity index (χ4v) is 30.8. The van der Waals surface area contributed by atoms with Gasteiger partial charge in [-0.3, -0.25) is 34.1 Å². The molecular weight excluding hydrogens is 1540 g/mol. The summed E-state index contributed by atoms with van der Waals surface area (Å²) in [5.41, 5.74) is 7.67. The molecule has 22 atom stereocenters. The summed E-state index contributed by atoms with van der Waals surface area (Å²) in [6.07, 6.45) is 28.2. The summed E-state index contributed by atoms with van der Waals surface area (Å²) in [7, 11) is 0. The maximum Gasteiger partial charge on any atom is 0.174 e. The number of aromatic hydroxyl groups is 5. The predicted molar refractivity (Wildman–Crippen MR) is 452 cm³/mol.